The lowest BCUT2D eigenvalue weighted by molar-refractivity contribution is 0.858. The van der Waals surface area contributed by atoms with Crippen LogP contribution in [0.3, 0.4) is 0 Å². The Labute approximate surface area is 96.8 Å². The highest BCUT2D eigenvalue weighted by Gasteiger charge is 2.06. The van der Waals surface area contributed by atoms with Crippen molar-refractivity contribution in [1.82, 2.24) is 4.57 Å². The van der Waals surface area contributed by atoms with E-state index in [1.807, 2.05) is 23.6 Å². The van der Waals surface area contributed by atoms with Gasteiger partial charge in [-0.05, 0) is 17.5 Å². The molecule has 0 radical (unpaired) electrons. The van der Waals surface area contributed by atoms with Crippen molar-refractivity contribution in [1.29, 1.82) is 0 Å². The lowest BCUT2D eigenvalue weighted by Gasteiger charge is -2.07. The zero-order valence-corrected chi connectivity index (χ0v) is 9.81. The molecule has 0 aliphatic heterocycles. The van der Waals surface area contributed by atoms with Gasteiger partial charge in [0.25, 0.3) is 5.56 Å². The Hall–Kier alpha value is -1.06. The van der Waals surface area contributed by atoms with Crippen molar-refractivity contribution in [2.75, 3.05) is 0 Å². The molecular formula is C11H10ClNOS. The first-order valence-electron chi connectivity index (χ1n) is 4.53. The Morgan fingerprint density at radius 2 is 2.20 bits per heavy atom. The molecule has 0 N–H and O–H groups in total. The minimum Gasteiger partial charge on any atom is -0.310 e. The van der Waals surface area contributed by atoms with Gasteiger partial charge >= 0.3 is 0 Å². The number of pyridine rings is 1. The van der Waals surface area contributed by atoms with Crippen molar-refractivity contribution in [3.63, 3.8) is 0 Å². The molecule has 2 nitrogen and oxygen atoms in total. The van der Waals surface area contributed by atoms with Gasteiger partial charge in [-0.25, -0.2) is 0 Å². The van der Waals surface area contributed by atoms with Crippen LogP contribution in [0.2, 0.25) is 0 Å². The molecule has 0 atom stereocenters. The summed E-state index contributed by atoms with van der Waals surface area (Å²) in [5.74, 6) is 0.261. The average molecular weight is 240 g/mol. The Balaban J connectivity index is 2.62. The molecule has 0 aromatic carbocycles. The maximum Gasteiger partial charge on any atom is 0.255 e. The molecule has 2 rings (SSSR count). The summed E-state index contributed by atoms with van der Waals surface area (Å²) in [5.41, 5.74) is 1.55. The minimum atomic E-state index is -0.0177. The van der Waals surface area contributed by atoms with E-state index in [0.29, 0.717) is 5.56 Å². The van der Waals surface area contributed by atoms with E-state index in [1.165, 1.54) is 0 Å². The van der Waals surface area contributed by atoms with Crippen LogP contribution < -0.4 is 5.56 Å². The zero-order chi connectivity index (χ0) is 10.8. The largest absolute Gasteiger partial charge is 0.310 e. The normalized spacial score (nSPS) is 10.5. The van der Waals surface area contributed by atoms with Gasteiger partial charge in [-0.3, -0.25) is 4.79 Å². The molecule has 0 saturated carbocycles. The second kappa shape index (κ2) is 4.21. The third kappa shape index (κ3) is 1.85. The number of rotatable bonds is 2. The Morgan fingerprint density at radius 3 is 2.80 bits per heavy atom. The van der Waals surface area contributed by atoms with Gasteiger partial charge in [0.1, 0.15) is 0 Å². The van der Waals surface area contributed by atoms with E-state index in [9.17, 15) is 4.79 Å². The van der Waals surface area contributed by atoms with E-state index < -0.39 is 0 Å². The van der Waals surface area contributed by atoms with Gasteiger partial charge in [0.05, 0.1) is 16.5 Å². The van der Waals surface area contributed by atoms with Crippen molar-refractivity contribution in [2.45, 2.75) is 5.88 Å². The van der Waals surface area contributed by atoms with Crippen LogP contribution in [0.4, 0.5) is 0 Å². The summed E-state index contributed by atoms with van der Waals surface area (Å²) < 4.78 is 1.64. The Morgan fingerprint density at radius 1 is 1.40 bits per heavy atom. The van der Waals surface area contributed by atoms with Crippen LogP contribution in [-0.4, -0.2) is 4.57 Å². The minimum absolute atomic E-state index is 0.0177. The molecule has 0 unspecified atom stereocenters. The molecule has 0 aliphatic rings. The van der Waals surface area contributed by atoms with Crippen LogP contribution in [0.15, 0.2) is 34.4 Å². The molecular weight excluding hydrogens is 230 g/mol. The van der Waals surface area contributed by atoms with Crippen LogP contribution >= 0.6 is 22.9 Å². The fourth-order valence-electron chi connectivity index (χ4n) is 1.46. The number of nitrogens with zero attached hydrogens (tertiary/aromatic N) is 1. The highest BCUT2D eigenvalue weighted by Crippen LogP contribution is 2.23. The summed E-state index contributed by atoms with van der Waals surface area (Å²) in [6.07, 6.45) is 0. The molecule has 0 fully saturated rings. The standard InChI is InChI=1S/C11H10ClNOS/c1-13-9(10-3-2-6-15-10)5-4-8(7-12)11(13)14/h2-6H,7H2,1H3. The Kier molecular flexibility index (Phi) is 2.93. The number of thiophene rings is 1. The topological polar surface area (TPSA) is 22.0 Å². The maximum absolute atomic E-state index is 11.8. The van der Waals surface area contributed by atoms with Gasteiger partial charge < -0.3 is 4.57 Å². The number of hydrogen-bond acceptors (Lipinski definition) is 2. The predicted molar refractivity (Wildman–Crippen MR) is 64.6 cm³/mol. The van der Waals surface area contributed by atoms with Crippen LogP contribution in [0.25, 0.3) is 10.6 Å². The SMILES string of the molecule is Cn1c(-c2cccs2)ccc(CCl)c1=O. The summed E-state index contributed by atoms with van der Waals surface area (Å²) >= 11 is 7.29. The van der Waals surface area contributed by atoms with E-state index in [-0.39, 0.29) is 11.4 Å². The third-order valence-corrected chi connectivity index (χ3v) is 3.48. The molecule has 2 heterocycles. The smallest absolute Gasteiger partial charge is 0.255 e. The first-order chi connectivity index (χ1) is 7.24. The van der Waals surface area contributed by atoms with E-state index in [1.54, 1.807) is 29.0 Å². The number of halogens is 1. The first kappa shape index (κ1) is 10.5. The fraction of sp³-hybridized carbons (Fsp3) is 0.182. The quantitative estimate of drug-likeness (QED) is 0.739. The van der Waals surface area contributed by atoms with Crippen LogP contribution in [0.1, 0.15) is 5.56 Å². The van der Waals surface area contributed by atoms with Gasteiger partial charge in [-0.1, -0.05) is 12.1 Å². The van der Waals surface area contributed by atoms with E-state index in [2.05, 4.69) is 0 Å². The molecule has 2 aromatic rings. The van der Waals surface area contributed by atoms with Crippen molar-refractivity contribution >= 4 is 22.9 Å². The second-order valence-electron chi connectivity index (χ2n) is 3.22. The molecule has 0 spiro atoms. The van der Waals surface area contributed by atoms with E-state index in [4.69, 9.17) is 11.6 Å². The average Bonchev–Trinajstić information content (AvgIpc) is 2.75. The van der Waals surface area contributed by atoms with Crippen LogP contribution in [0, 0.1) is 0 Å². The molecule has 78 valence electrons. The summed E-state index contributed by atoms with van der Waals surface area (Å²) in [7, 11) is 1.77. The molecule has 2 aromatic heterocycles. The number of aromatic nitrogens is 1. The van der Waals surface area contributed by atoms with Gasteiger partial charge in [0.15, 0.2) is 0 Å². The monoisotopic (exact) mass is 239 g/mol. The number of alkyl halides is 1. The lowest BCUT2D eigenvalue weighted by Crippen LogP contribution is -2.21. The van der Waals surface area contributed by atoms with Crippen LogP contribution in [0.5, 0.6) is 0 Å². The molecule has 4 heteroatoms. The first-order valence-corrected chi connectivity index (χ1v) is 5.94. The summed E-state index contributed by atoms with van der Waals surface area (Å²) in [6.45, 7) is 0. The van der Waals surface area contributed by atoms with Gasteiger partial charge in [0, 0.05) is 12.6 Å². The Bertz CT molecular complexity index is 516. The molecule has 0 aliphatic carbocycles. The lowest BCUT2D eigenvalue weighted by atomic mass is 10.2. The van der Waals surface area contributed by atoms with Gasteiger partial charge in [0.2, 0.25) is 0 Å². The molecule has 0 amide bonds. The van der Waals surface area contributed by atoms with E-state index >= 15 is 0 Å². The van der Waals surface area contributed by atoms with Gasteiger partial charge in [-0.15, -0.1) is 22.9 Å². The van der Waals surface area contributed by atoms with Crippen molar-refractivity contribution in [3.05, 3.63) is 45.6 Å². The summed E-state index contributed by atoms with van der Waals surface area (Å²) in [5, 5.41) is 2.00. The van der Waals surface area contributed by atoms with Crippen molar-refractivity contribution < 1.29 is 0 Å². The zero-order valence-electron chi connectivity index (χ0n) is 8.24. The maximum atomic E-state index is 11.8. The molecule has 15 heavy (non-hydrogen) atoms. The third-order valence-electron chi connectivity index (χ3n) is 2.30. The highest BCUT2D eigenvalue weighted by molar-refractivity contribution is 7.13. The fourth-order valence-corrected chi connectivity index (χ4v) is 2.45. The highest BCUT2D eigenvalue weighted by atomic mass is 35.5. The van der Waals surface area contributed by atoms with Crippen molar-refractivity contribution in [3.8, 4) is 10.6 Å². The molecule has 0 saturated heterocycles. The van der Waals surface area contributed by atoms with E-state index in [0.717, 1.165) is 10.6 Å². The van der Waals surface area contributed by atoms with Crippen LogP contribution in [-0.2, 0) is 12.9 Å². The number of hydrogen-bond donors (Lipinski definition) is 0. The van der Waals surface area contributed by atoms with Gasteiger partial charge in [-0.2, -0.15) is 0 Å². The predicted octanol–water partition coefficient (Wildman–Crippen LogP) is 2.85. The summed E-state index contributed by atoms with van der Waals surface area (Å²) in [4.78, 5) is 12.9. The summed E-state index contributed by atoms with van der Waals surface area (Å²) in [6, 6.07) is 7.70. The molecule has 0 bridgehead atoms. The second-order valence-corrected chi connectivity index (χ2v) is 4.43. The van der Waals surface area contributed by atoms with Crippen molar-refractivity contribution in [2.24, 2.45) is 7.05 Å².